The van der Waals surface area contributed by atoms with Gasteiger partial charge in [0, 0.05) is 22.6 Å². The lowest BCUT2D eigenvalue weighted by Gasteiger charge is -2.09. The van der Waals surface area contributed by atoms with Crippen LogP contribution in [0.3, 0.4) is 0 Å². The van der Waals surface area contributed by atoms with E-state index in [0.29, 0.717) is 16.1 Å². The fraction of sp³-hybridized carbons (Fsp3) is 0.150. The number of halogens is 1. The Bertz CT molecular complexity index is 884. The minimum atomic E-state index is -1.02. The summed E-state index contributed by atoms with van der Waals surface area (Å²) in [6.45, 7) is 0. The van der Waals surface area contributed by atoms with Gasteiger partial charge in [-0.25, -0.2) is 4.79 Å². The number of rotatable bonds is 5. The van der Waals surface area contributed by atoms with Gasteiger partial charge in [0.15, 0.2) is 17.6 Å². The van der Waals surface area contributed by atoms with Gasteiger partial charge in [-0.3, -0.25) is 9.59 Å². The molecule has 0 aromatic heterocycles. The zero-order valence-electron chi connectivity index (χ0n) is 13.9. The van der Waals surface area contributed by atoms with Crippen molar-refractivity contribution in [1.82, 2.24) is 0 Å². The number of methoxy groups -OCH3 is 1. The van der Waals surface area contributed by atoms with Crippen molar-refractivity contribution in [2.24, 2.45) is 0 Å². The molecule has 26 heavy (non-hydrogen) atoms. The molecule has 6 heteroatoms. The van der Waals surface area contributed by atoms with Crippen molar-refractivity contribution < 1.29 is 23.9 Å². The Morgan fingerprint density at radius 1 is 0.962 bits per heavy atom. The van der Waals surface area contributed by atoms with E-state index >= 15 is 0 Å². The molecule has 0 radical (unpaired) electrons. The Morgan fingerprint density at radius 2 is 1.58 bits per heavy atom. The van der Waals surface area contributed by atoms with Gasteiger partial charge in [0.2, 0.25) is 5.78 Å². The zero-order valence-corrected chi connectivity index (χ0v) is 14.7. The van der Waals surface area contributed by atoms with Crippen LogP contribution in [0.1, 0.15) is 27.1 Å². The first-order chi connectivity index (χ1) is 12.5. The van der Waals surface area contributed by atoms with E-state index in [2.05, 4.69) is 4.74 Å². The number of esters is 1. The molecule has 2 aromatic carbocycles. The topological polar surface area (TPSA) is 69.7 Å². The molecule has 1 heterocycles. The van der Waals surface area contributed by atoms with Crippen LogP contribution in [-0.4, -0.2) is 30.7 Å². The standard InChI is InChI=1S/C20H15ClO5/c1-25-20(24)16-11-15(17(22)13-7-9-14(21)10-8-13)19(26-16)18(23)12-5-3-2-4-6-12/h2-10,16H,11H2,1H3. The smallest absolute Gasteiger partial charge is 0.347 e. The third-order valence-electron chi connectivity index (χ3n) is 4.01. The van der Waals surface area contributed by atoms with Crippen LogP contribution in [0.25, 0.3) is 0 Å². The molecule has 1 atom stereocenters. The second kappa shape index (κ2) is 7.54. The van der Waals surface area contributed by atoms with Crippen LogP contribution in [0.4, 0.5) is 0 Å². The molecule has 1 aliphatic heterocycles. The number of Topliss-reactive ketones (excluding diaryl/α,β-unsaturated/α-hetero) is 2. The summed E-state index contributed by atoms with van der Waals surface area (Å²) in [7, 11) is 1.23. The van der Waals surface area contributed by atoms with Crippen molar-refractivity contribution in [3.8, 4) is 0 Å². The average molecular weight is 371 g/mol. The Hall–Kier alpha value is -2.92. The number of carbonyl (C=O) groups excluding carboxylic acids is 3. The lowest BCUT2D eigenvalue weighted by atomic mass is 9.96. The van der Waals surface area contributed by atoms with Gasteiger partial charge < -0.3 is 9.47 Å². The normalized spacial score (nSPS) is 16.2. The first kappa shape index (κ1) is 17.9. The zero-order chi connectivity index (χ0) is 18.7. The largest absolute Gasteiger partial charge is 0.474 e. The molecular weight excluding hydrogens is 356 g/mol. The number of hydrogen-bond acceptors (Lipinski definition) is 5. The average Bonchev–Trinajstić information content (AvgIpc) is 3.13. The van der Waals surface area contributed by atoms with E-state index in [4.69, 9.17) is 16.3 Å². The summed E-state index contributed by atoms with van der Waals surface area (Å²) in [6.07, 6.45) is -1.05. The first-order valence-electron chi connectivity index (χ1n) is 7.89. The van der Waals surface area contributed by atoms with E-state index in [1.54, 1.807) is 54.6 Å². The summed E-state index contributed by atoms with van der Waals surface area (Å²) in [5.74, 6) is -1.59. The highest BCUT2D eigenvalue weighted by Gasteiger charge is 2.38. The molecule has 0 saturated heterocycles. The fourth-order valence-corrected chi connectivity index (χ4v) is 2.80. The van der Waals surface area contributed by atoms with Crippen LogP contribution in [0.2, 0.25) is 5.02 Å². The maximum atomic E-state index is 12.9. The molecule has 2 aromatic rings. The summed E-state index contributed by atoms with van der Waals surface area (Å²) < 4.78 is 10.2. The number of benzene rings is 2. The quantitative estimate of drug-likeness (QED) is 0.594. The Labute approximate surface area is 155 Å². The van der Waals surface area contributed by atoms with E-state index in [1.807, 2.05) is 0 Å². The maximum absolute atomic E-state index is 12.9. The first-order valence-corrected chi connectivity index (χ1v) is 8.26. The Balaban J connectivity index is 2.00. The number of hydrogen-bond donors (Lipinski definition) is 0. The van der Waals surface area contributed by atoms with Crippen LogP contribution in [0.15, 0.2) is 65.9 Å². The van der Waals surface area contributed by atoms with Crippen molar-refractivity contribution in [1.29, 1.82) is 0 Å². The predicted octanol–water partition coefficient (Wildman–Crippen LogP) is 3.62. The van der Waals surface area contributed by atoms with Crippen molar-refractivity contribution in [3.63, 3.8) is 0 Å². The molecule has 0 aliphatic carbocycles. The molecule has 0 fully saturated rings. The van der Waals surface area contributed by atoms with Crippen LogP contribution in [0, 0.1) is 0 Å². The highest BCUT2D eigenvalue weighted by Crippen LogP contribution is 2.31. The second-order valence-electron chi connectivity index (χ2n) is 5.67. The molecule has 0 N–H and O–H groups in total. The molecule has 0 saturated carbocycles. The van der Waals surface area contributed by atoms with Crippen LogP contribution < -0.4 is 0 Å². The van der Waals surface area contributed by atoms with E-state index in [-0.39, 0.29) is 23.5 Å². The highest BCUT2D eigenvalue weighted by molar-refractivity contribution is 6.30. The monoisotopic (exact) mass is 370 g/mol. The van der Waals surface area contributed by atoms with Crippen molar-refractivity contribution in [2.45, 2.75) is 12.5 Å². The van der Waals surface area contributed by atoms with E-state index in [9.17, 15) is 14.4 Å². The third-order valence-corrected chi connectivity index (χ3v) is 4.26. The number of ketones is 2. The van der Waals surface area contributed by atoms with Gasteiger partial charge >= 0.3 is 5.97 Å². The van der Waals surface area contributed by atoms with Crippen LogP contribution in [0.5, 0.6) is 0 Å². The van der Waals surface area contributed by atoms with Gasteiger partial charge in [0.1, 0.15) is 0 Å². The summed E-state index contributed by atoms with van der Waals surface area (Å²) in [6, 6.07) is 14.7. The summed E-state index contributed by atoms with van der Waals surface area (Å²) in [5.41, 5.74) is 0.878. The van der Waals surface area contributed by atoms with E-state index in [0.717, 1.165) is 0 Å². The van der Waals surface area contributed by atoms with Gasteiger partial charge in [-0.2, -0.15) is 0 Å². The molecule has 1 unspecified atom stereocenters. The SMILES string of the molecule is COC(=O)C1CC(C(=O)c2ccc(Cl)cc2)=C(C(=O)c2ccccc2)O1. The van der Waals surface area contributed by atoms with Gasteiger partial charge in [0.05, 0.1) is 12.7 Å². The summed E-state index contributed by atoms with van der Waals surface area (Å²) in [4.78, 5) is 37.5. The molecule has 132 valence electrons. The molecular formula is C20H15ClO5. The number of ether oxygens (including phenoxy) is 2. The van der Waals surface area contributed by atoms with Gasteiger partial charge in [0.25, 0.3) is 0 Å². The molecule has 5 nitrogen and oxygen atoms in total. The third kappa shape index (κ3) is 3.53. The second-order valence-corrected chi connectivity index (χ2v) is 6.11. The Morgan fingerprint density at radius 3 is 2.19 bits per heavy atom. The maximum Gasteiger partial charge on any atom is 0.347 e. The van der Waals surface area contributed by atoms with Gasteiger partial charge in [-0.1, -0.05) is 41.9 Å². The predicted molar refractivity (Wildman–Crippen MR) is 95.1 cm³/mol. The van der Waals surface area contributed by atoms with Crippen molar-refractivity contribution >= 4 is 29.1 Å². The molecule has 1 aliphatic rings. The number of allylic oxidation sites excluding steroid dienone is 1. The minimum Gasteiger partial charge on any atom is -0.474 e. The van der Waals surface area contributed by atoms with Crippen molar-refractivity contribution in [2.75, 3.05) is 7.11 Å². The summed E-state index contributed by atoms with van der Waals surface area (Å²) >= 11 is 5.86. The van der Waals surface area contributed by atoms with Gasteiger partial charge in [-0.15, -0.1) is 0 Å². The molecule has 0 bridgehead atoms. The van der Waals surface area contributed by atoms with Gasteiger partial charge in [-0.05, 0) is 24.3 Å². The molecule has 0 spiro atoms. The highest BCUT2D eigenvalue weighted by atomic mass is 35.5. The fourth-order valence-electron chi connectivity index (χ4n) is 2.68. The van der Waals surface area contributed by atoms with Crippen LogP contribution in [-0.2, 0) is 14.3 Å². The minimum absolute atomic E-state index is 0.0258. The van der Waals surface area contributed by atoms with Crippen LogP contribution >= 0.6 is 11.6 Å². The molecule has 3 rings (SSSR count). The molecule has 0 amide bonds. The van der Waals surface area contributed by atoms with Crippen molar-refractivity contribution in [3.05, 3.63) is 82.1 Å². The van der Waals surface area contributed by atoms with E-state index < -0.39 is 17.9 Å². The van der Waals surface area contributed by atoms with E-state index in [1.165, 1.54) is 7.11 Å². The Kier molecular flexibility index (Phi) is 5.19. The lowest BCUT2D eigenvalue weighted by Crippen LogP contribution is -2.22. The summed E-state index contributed by atoms with van der Waals surface area (Å²) in [5, 5.41) is 0.492. The number of carbonyl (C=O) groups is 3. The lowest BCUT2D eigenvalue weighted by molar-refractivity contribution is -0.150.